The lowest BCUT2D eigenvalue weighted by Crippen LogP contribution is -2.25. The van der Waals surface area contributed by atoms with Crippen molar-refractivity contribution in [3.05, 3.63) is 24.3 Å². The van der Waals surface area contributed by atoms with E-state index in [2.05, 4.69) is 11.9 Å². The molecule has 0 aromatic carbocycles. The van der Waals surface area contributed by atoms with E-state index in [1.165, 1.54) is 25.5 Å². The van der Waals surface area contributed by atoms with Crippen molar-refractivity contribution in [3.63, 3.8) is 0 Å². The predicted octanol–water partition coefficient (Wildman–Crippen LogP) is 3.57. The van der Waals surface area contributed by atoms with E-state index in [4.69, 9.17) is 4.74 Å². The average molecular weight is 223 g/mol. The molecule has 1 aromatic heterocycles. The number of hydrogen-bond acceptors (Lipinski definition) is 2. The summed E-state index contributed by atoms with van der Waals surface area (Å²) in [6.07, 6.45) is 7.34. The molecule has 1 aliphatic carbocycles. The molecule has 0 bridgehead atoms. The first kappa shape index (κ1) is 11.4. The fraction of sp³-hybridized carbons (Fsp3) is 0.615. The lowest BCUT2D eigenvalue weighted by atomic mass is 9.85. The molecular formula is C13H18FNO. The van der Waals surface area contributed by atoms with Crippen molar-refractivity contribution >= 4 is 0 Å². The first-order valence-electron chi connectivity index (χ1n) is 6.06. The van der Waals surface area contributed by atoms with Crippen LogP contribution in [0.3, 0.4) is 0 Å². The summed E-state index contributed by atoms with van der Waals surface area (Å²) in [5.41, 5.74) is 0. The van der Waals surface area contributed by atoms with E-state index in [0.717, 1.165) is 18.8 Å². The summed E-state index contributed by atoms with van der Waals surface area (Å²) in [4.78, 5) is 3.59. The molecule has 1 aromatic rings. The van der Waals surface area contributed by atoms with Gasteiger partial charge in [0.05, 0.1) is 6.10 Å². The van der Waals surface area contributed by atoms with E-state index in [9.17, 15) is 4.39 Å². The molecule has 2 atom stereocenters. The summed E-state index contributed by atoms with van der Waals surface area (Å²) in [7, 11) is 0. The van der Waals surface area contributed by atoms with Crippen LogP contribution in [-0.4, -0.2) is 11.1 Å². The van der Waals surface area contributed by atoms with Crippen LogP contribution in [0.1, 0.15) is 39.0 Å². The first-order chi connectivity index (χ1) is 7.79. The second kappa shape index (κ2) is 5.28. The van der Waals surface area contributed by atoms with Crippen molar-refractivity contribution in [1.29, 1.82) is 0 Å². The Labute approximate surface area is 95.8 Å². The van der Waals surface area contributed by atoms with Gasteiger partial charge in [-0.25, -0.2) is 4.98 Å². The Bertz CT molecular complexity index is 342. The number of ether oxygens (including phenoxy) is 1. The normalized spacial score (nSPS) is 25.4. The fourth-order valence-corrected chi connectivity index (χ4v) is 2.36. The molecule has 88 valence electrons. The topological polar surface area (TPSA) is 22.1 Å². The maximum absolute atomic E-state index is 13.3. The Hall–Kier alpha value is -1.12. The molecule has 0 saturated heterocycles. The molecule has 2 nitrogen and oxygen atoms in total. The maximum atomic E-state index is 13.3. The monoisotopic (exact) mass is 223 g/mol. The van der Waals surface area contributed by atoms with Crippen molar-refractivity contribution in [1.82, 2.24) is 4.98 Å². The molecule has 3 heteroatoms. The number of aromatic nitrogens is 1. The van der Waals surface area contributed by atoms with Crippen LogP contribution in [0.4, 0.5) is 4.39 Å². The van der Waals surface area contributed by atoms with Crippen LogP contribution in [0.25, 0.3) is 0 Å². The van der Waals surface area contributed by atoms with E-state index in [-0.39, 0.29) is 6.10 Å². The van der Waals surface area contributed by atoms with E-state index < -0.39 is 5.95 Å². The van der Waals surface area contributed by atoms with Crippen molar-refractivity contribution in [2.75, 3.05) is 0 Å². The largest absolute Gasteiger partial charge is 0.486 e. The lowest BCUT2D eigenvalue weighted by Gasteiger charge is -2.28. The van der Waals surface area contributed by atoms with Gasteiger partial charge in [0.2, 0.25) is 0 Å². The molecule has 0 spiro atoms. The van der Waals surface area contributed by atoms with Crippen molar-refractivity contribution in [2.45, 2.75) is 45.1 Å². The van der Waals surface area contributed by atoms with Gasteiger partial charge in [-0.05, 0) is 37.3 Å². The van der Waals surface area contributed by atoms with Crippen LogP contribution in [0.5, 0.6) is 5.75 Å². The third kappa shape index (κ3) is 2.71. The zero-order valence-electron chi connectivity index (χ0n) is 9.66. The first-order valence-corrected chi connectivity index (χ1v) is 6.06. The molecule has 1 saturated carbocycles. The Kier molecular flexibility index (Phi) is 3.75. The summed E-state index contributed by atoms with van der Waals surface area (Å²) >= 11 is 0. The van der Waals surface area contributed by atoms with Gasteiger partial charge < -0.3 is 4.74 Å². The summed E-state index contributed by atoms with van der Waals surface area (Å²) < 4.78 is 19.0. The van der Waals surface area contributed by atoms with Crippen molar-refractivity contribution in [2.24, 2.45) is 5.92 Å². The minimum Gasteiger partial charge on any atom is -0.486 e. The van der Waals surface area contributed by atoms with Crippen LogP contribution >= 0.6 is 0 Å². The van der Waals surface area contributed by atoms with E-state index in [1.54, 1.807) is 12.1 Å². The van der Waals surface area contributed by atoms with Crippen LogP contribution in [-0.2, 0) is 0 Å². The van der Waals surface area contributed by atoms with E-state index in [0.29, 0.717) is 5.75 Å². The molecule has 0 N–H and O–H groups in total. The van der Waals surface area contributed by atoms with Gasteiger partial charge in [-0.3, -0.25) is 0 Å². The van der Waals surface area contributed by atoms with Crippen LogP contribution in [0.2, 0.25) is 0 Å². The van der Waals surface area contributed by atoms with Gasteiger partial charge in [0.15, 0.2) is 5.75 Å². The number of halogens is 1. The van der Waals surface area contributed by atoms with Gasteiger partial charge >= 0.3 is 0 Å². The predicted molar refractivity (Wildman–Crippen MR) is 60.9 cm³/mol. The summed E-state index contributed by atoms with van der Waals surface area (Å²) in [5.74, 6) is 0.531. The highest BCUT2D eigenvalue weighted by atomic mass is 19.1. The minimum atomic E-state index is -0.499. The second-order valence-electron chi connectivity index (χ2n) is 4.47. The molecule has 2 rings (SSSR count). The third-order valence-corrected chi connectivity index (χ3v) is 3.33. The van der Waals surface area contributed by atoms with Gasteiger partial charge in [0, 0.05) is 6.20 Å². The van der Waals surface area contributed by atoms with Gasteiger partial charge in [0.1, 0.15) is 0 Å². The highest BCUT2D eigenvalue weighted by Crippen LogP contribution is 2.29. The van der Waals surface area contributed by atoms with Crippen LogP contribution < -0.4 is 4.74 Å². The molecule has 1 aliphatic rings. The van der Waals surface area contributed by atoms with Gasteiger partial charge in [-0.1, -0.05) is 19.8 Å². The molecular weight excluding hydrogens is 205 g/mol. The number of nitrogens with zero attached hydrogens (tertiary/aromatic N) is 1. The maximum Gasteiger partial charge on any atom is 0.255 e. The Balaban J connectivity index is 1.97. The Morgan fingerprint density at radius 2 is 2.38 bits per heavy atom. The summed E-state index contributed by atoms with van der Waals surface area (Å²) in [6, 6.07) is 3.36. The second-order valence-corrected chi connectivity index (χ2v) is 4.47. The smallest absolute Gasteiger partial charge is 0.255 e. The standard InChI is InChI=1S/C13H18FNO/c1-2-10-5-3-6-11(9-10)16-12-7-4-8-15-13(12)14/h4,7-8,10-11H,2-3,5-6,9H2,1H3. The minimum absolute atomic E-state index is 0.164. The lowest BCUT2D eigenvalue weighted by molar-refractivity contribution is 0.116. The van der Waals surface area contributed by atoms with Crippen LogP contribution in [0.15, 0.2) is 18.3 Å². The zero-order chi connectivity index (χ0) is 11.4. The van der Waals surface area contributed by atoms with Gasteiger partial charge in [-0.2, -0.15) is 4.39 Å². The summed E-state index contributed by atoms with van der Waals surface area (Å²) in [6.45, 7) is 2.21. The molecule has 2 unspecified atom stereocenters. The molecule has 1 fully saturated rings. The molecule has 0 radical (unpaired) electrons. The Morgan fingerprint density at radius 3 is 3.12 bits per heavy atom. The number of rotatable bonds is 3. The molecule has 0 amide bonds. The van der Waals surface area contributed by atoms with E-state index >= 15 is 0 Å². The zero-order valence-corrected chi connectivity index (χ0v) is 9.66. The van der Waals surface area contributed by atoms with Crippen molar-refractivity contribution < 1.29 is 9.13 Å². The Morgan fingerprint density at radius 1 is 1.50 bits per heavy atom. The number of pyridine rings is 1. The highest BCUT2D eigenvalue weighted by molar-refractivity contribution is 5.18. The quantitative estimate of drug-likeness (QED) is 0.731. The SMILES string of the molecule is CCC1CCCC(Oc2cccnc2F)C1. The molecule has 0 aliphatic heterocycles. The number of hydrogen-bond donors (Lipinski definition) is 0. The molecule has 16 heavy (non-hydrogen) atoms. The third-order valence-electron chi connectivity index (χ3n) is 3.33. The van der Waals surface area contributed by atoms with Gasteiger partial charge in [0.25, 0.3) is 5.95 Å². The molecule has 1 heterocycles. The average Bonchev–Trinajstić information content (AvgIpc) is 2.32. The van der Waals surface area contributed by atoms with Crippen LogP contribution in [0, 0.1) is 11.9 Å². The van der Waals surface area contributed by atoms with Crippen molar-refractivity contribution in [3.8, 4) is 5.75 Å². The highest BCUT2D eigenvalue weighted by Gasteiger charge is 2.22. The van der Waals surface area contributed by atoms with Gasteiger partial charge in [-0.15, -0.1) is 0 Å². The fourth-order valence-electron chi connectivity index (χ4n) is 2.36. The summed E-state index contributed by atoms with van der Waals surface area (Å²) in [5, 5.41) is 0. The van der Waals surface area contributed by atoms with E-state index in [1.807, 2.05) is 0 Å².